The zero-order chi connectivity index (χ0) is 12.1. The molecule has 0 radical (unpaired) electrons. The minimum atomic E-state index is -1.15. The third-order valence-corrected chi connectivity index (χ3v) is 4.14. The summed E-state index contributed by atoms with van der Waals surface area (Å²) in [7, 11) is 0. The third-order valence-electron chi connectivity index (χ3n) is 4.14. The molecule has 0 aromatic heterocycles. The van der Waals surface area contributed by atoms with Gasteiger partial charge in [0.2, 0.25) is 5.91 Å². The van der Waals surface area contributed by atoms with Crippen LogP contribution >= 0.6 is 0 Å². The Labute approximate surface area is 94.8 Å². The van der Waals surface area contributed by atoms with E-state index in [4.69, 9.17) is 5.11 Å². The Hall–Kier alpha value is -1.26. The van der Waals surface area contributed by atoms with E-state index in [0.29, 0.717) is 17.3 Å². The van der Waals surface area contributed by atoms with Gasteiger partial charge >= 0.3 is 6.09 Å². The molecule has 0 bridgehead atoms. The largest absolute Gasteiger partial charge is 0.465 e. The van der Waals surface area contributed by atoms with Gasteiger partial charge in [-0.1, -0.05) is 13.8 Å². The second-order valence-electron chi connectivity index (χ2n) is 5.45. The second kappa shape index (κ2) is 3.37. The average Bonchev–Trinajstić information content (AvgIpc) is 2.61. The van der Waals surface area contributed by atoms with Gasteiger partial charge in [-0.3, -0.25) is 4.79 Å². The summed E-state index contributed by atoms with van der Waals surface area (Å²) in [5.41, 5.74) is 0.375. The van der Waals surface area contributed by atoms with Gasteiger partial charge < -0.3 is 15.3 Å². The van der Waals surface area contributed by atoms with E-state index in [9.17, 15) is 9.59 Å². The highest BCUT2D eigenvalue weighted by atomic mass is 16.4. The van der Waals surface area contributed by atoms with E-state index in [-0.39, 0.29) is 5.91 Å². The van der Waals surface area contributed by atoms with Crippen molar-refractivity contribution < 1.29 is 14.7 Å². The number of nitrogens with one attached hydrogen (secondary N) is 1. The molecular weight excluding hydrogens is 208 g/mol. The number of piperidine rings is 1. The van der Waals surface area contributed by atoms with Crippen LogP contribution in [0.15, 0.2) is 0 Å². The molecule has 2 N–H and O–H groups in total. The van der Waals surface area contributed by atoms with Crippen LogP contribution < -0.4 is 5.32 Å². The summed E-state index contributed by atoms with van der Waals surface area (Å²) in [6, 6.07) is -0.641. The van der Waals surface area contributed by atoms with Crippen LogP contribution in [0.2, 0.25) is 0 Å². The lowest BCUT2D eigenvalue weighted by atomic mass is 10.1. The molecule has 2 unspecified atom stereocenters. The van der Waals surface area contributed by atoms with E-state index in [1.165, 1.54) is 0 Å². The topological polar surface area (TPSA) is 69.6 Å². The van der Waals surface area contributed by atoms with Crippen LogP contribution in [0.1, 0.15) is 20.8 Å². The molecule has 0 aromatic carbocycles. The second-order valence-corrected chi connectivity index (χ2v) is 5.45. The highest BCUT2D eigenvalue weighted by Crippen LogP contribution is 2.61. The smallest absolute Gasteiger partial charge is 0.405 e. The first-order valence-corrected chi connectivity index (χ1v) is 5.62. The summed E-state index contributed by atoms with van der Waals surface area (Å²) in [5, 5.41) is 10.7. The predicted octanol–water partition coefficient (Wildman–Crippen LogP) is 0.757. The molecule has 2 fully saturated rings. The fraction of sp³-hybridized carbons (Fsp3) is 0.818. The molecule has 5 nitrogen and oxygen atoms in total. The van der Waals surface area contributed by atoms with E-state index in [1.807, 2.05) is 0 Å². The highest BCUT2D eigenvalue weighted by Gasteiger charge is 2.62. The Kier molecular flexibility index (Phi) is 2.36. The molecule has 0 aromatic rings. The van der Waals surface area contributed by atoms with Gasteiger partial charge in [0, 0.05) is 13.1 Å². The maximum absolute atomic E-state index is 11.9. The first kappa shape index (κ1) is 11.2. The molecule has 2 amide bonds. The number of nitrogens with zero attached hydrogens (tertiary/aromatic N) is 1. The van der Waals surface area contributed by atoms with Gasteiger partial charge in [-0.25, -0.2) is 4.79 Å². The molecule has 5 heteroatoms. The lowest BCUT2D eigenvalue weighted by Gasteiger charge is -2.25. The minimum absolute atomic E-state index is 0.106. The van der Waals surface area contributed by atoms with E-state index in [0.717, 1.165) is 13.1 Å². The molecular formula is C11H18N2O3. The molecule has 0 spiro atoms. The lowest BCUT2D eigenvalue weighted by molar-refractivity contribution is -0.132. The number of carbonyl (C=O) groups is 2. The van der Waals surface area contributed by atoms with Gasteiger partial charge in [0.05, 0.1) is 0 Å². The Bertz CT molecular complexity index is 326. The first-order valence-electron chi connectivity index (χ1n) is 5.62. The quantitative estimate of drug-likeness (QED) is 0.730. The van der Waals surface area contributed by atoms with Crippen molar-refractivity contribution in [2.45, 2.75) is 26.8 Å². The highest BCUT2D eigenvalue weighted by molar-refractivity contribution is 5.85. The van der Waals surface area contributed by atoms with Crippen molar-refractivity contribution in [3.05, 3.63) is 0 Å². The molecule has 1 saturated carbocycles. The number of likely N-dealkylation sites (tertiary alicyclic amines) is 1. The molecule has 1 aliphatic heterocycles. The molecule has 90 valence electrons. The van der Waals surface area contributed by atoms with Crippen molar-refractivity contribution in [1.82, 2.24) is 10.2 Å². The van der Waals surface area contributed by atoms with Crippen molar-refractivity contribution in [1.29, 1.82) is 0 Å². The molecule has 3 atom stereocenters. The standard InChI is InChI=1S/C11H18N2O3/c1-6(12-10(15)16)9(14)13-4-7-8(5-13)11(7,2)3/h6-8,12H,4-5H2,1-3H3,(H,15,16)/t6-,7?,8?/m1/s1. The number of carbonyl (C=O) groups excluding carboxylic acids is 1. The van der Waals surface area contributed by atoms with Crippen LogP contribution in [0.25, 0.3) is 0 Å². The summed E-state index contributed by atoms with van der Waals surface area (Å²) >= 11 is 0. The molecule has 2 aliphatic rings. The monoisotopic (exact) mass is 226 g/mol. The molecule has 1 saturated heterocycles. The Morgan fingerprint density at radius 2 is 1.88 bits per heavy atom. The number of hydrogen-bond acceptors (Lipinski definition) is 2. The van der Waals surface area contributed by atoms with Crippen LogP contribution in [-0.4, -0.2) is 41.1 Å². The normalized spacial score (nSPS) is 31.8. The number of amides is 2. The summed E-state index contributed by atoms with van der Waals surface area (Å²) < 4.78 is 0. The molecule has 2 rings (SSSR count). The Balaban J connectivity index is 1.87. The summed E-state index contributed by atoms with van der Waals surface area (Å²) in [5.74, 6) is 1.10. The van der Waals surface area contributed by atoms with E-state index in [1.54, 1.807) is 11.8 Å². The van der Waals surface area contributed by atoms with Crippen LogP contribution in [0, 0.1) is 17.3 Å². The number of hydrogen-bond donors (Lipinski definition) is 2. The first-order chi connectivity index (χ1) is 7.34. The molecule has 1 heterocycles. The summed E-state index contributed by atoms with van der Waals surface area (Å²) in [6.07, 6.45) is -1.15. The van der Waals surface area contributed by atoms with Crippen LogP contribution in [-0.2, 0) is 4.79 Å². The van der Waals surface area contributed by atoms with Crippen LogP contribution in [0.5, 0.6) is 0 Å². The van der Waals surface area contributed by atoms with Gasteiger partial charge in [-0.05, 0) is 24.2 Å². The van der Waals surface area contributed by atoms with E-state index >= 15 is 0 Å². The van der Waals surface area contributed by atoms with Gasteiger partial charge in [-0.2, -0.15) is 0 Å². The summed E-state index contributed by atoms with van der Waals surface area (Å²) in [4.78, 5) is 24.1. The van der Waals surface area contributed by atoms with Crippen molar-refractivity contribution >= 4 is 12.0 Å². The van der Waals surface area contributed by atoms with Crippen molar-refractivity contribution in [3.8, 4) is 0 Å². The third kappa shape index (κ3) is 1.64. The number of carboxylic acid groups (broad SMARTS) is 1. The van der Waals surface area contributed by atoms with Gasteiger partial charge in [0.1, 0.15) is 6.04 Å². The zero-order valence-corrected chi connectivity index (χ0v) is 9.86. The minimum Gasteiger partial charge on any atom is -0.465 e. The Morgan fingerprint density at radius 3 is 2.31 bits per heavy atom. The van der Waals surface area contributed by atoms with E-state index < -0.39 is 12.1 Å². The number of rotatable bonds is 2. The predicted molar refractivity (Wildman–Crippen MR) is 58.0 cm³/mol. The summed E-state index contributed by atoms with van der Waals surface area (Å²) in [6.45, 7) is 7.60. The van der Waals surface area contributed by atoms with Crippen LogP contribution in [0.3, 0.4) is 0 Å². The fourth-order valence-electron chi connectivity index (χ4n) is 2.83. The molecule has 16 heavy (non-hydrogen) atoms. The number of fused-ring (bicyclic) bond motifs is 1. The van der Waals surface area contributed by atoms with Gasteiger partial charge in [-0.15, -0.1) is 0 Å². The Morgan fingerprint density at radius 1 is 1.38 bits per heavy atom. The van der Waals surface area contributed by atoms with Crippen LogP contribution in [0.4, 0.5) is 4.79 Å². The van der Waals surface area contributed by atoms with Crippen molar-refractivity contribution in [3.63, 3.8) is 0 Å². The van der Waals surface area contributed by atoms with Crippen molar-refractivity contribution in [2.24, 2.45) is 17.3 Å². The van der Waals surface area contributed by atoms with Gasteiger partial charge in [0.25, 0.3) is 0 Å². The SMILES string of the molecule is C[C@@H](NC(=O)O)C(=O)N1CC2C(C1)C2(C)C. The maximum Gasteiger partial charge on any atom is 0.405 e. The molecule has 1 aliphatic carbocycles. The maximum atomic E-state index is 11.9. The van der Waals surface area contributed by atoms with E-state index in [2.05, 4.69) is 19.2 Å². The van der Waals surface area contributed by atoms with Crippen molar-refractivity contribution in [2.75, 3.05) is 13.1 Å². The van der Waals surface area contributed by atoms with Gasteiger partial charge in [0.15, 0.2) is 0 Å². The fourth-order valence-corrected chi connectivity index (χ4v) is 2.83. The lowest BCUT2D eigenvalue weighted by Crippen LogP contribution is -2.46. The zero-order valence-electron chi connectivity index (χ0n) is 9.86. The average molecular weight is 226 g/mol.